The van der Waals surface area contributed by atoms with Crippen LogP contribution in [0.5, 0.6) is 23.0 Å². The molecule has 0 atom stereocenters. The summed E-state index contributed by atoms with van der Waals surface area (Å²) in [4.78, 5) is 98.0. The number of aromatic nitrogens is 10. The molecule has 13 aromatic carbocycles. The van der Waals surface area contributed by atoms with Gasteiger partial charge in [0.2, 0.25) is 0 Å². The molecule has 34 nitrogen and oxygen atoms in total. The van der Waals surface area contributed by atoms with Crippen LogP contribution < -0.4 is 62.3 Å². The van der Waals surface area contributed by atoms with Crippen LogP contribution in [0.15, 0.2) is 328 Å². The van der Waals surface area contributed by atoms with Gasteiger partial charge in [0.1, 0.15) is 34.4 Å². The lowest BCUT2D eigenvalue weighted by molar-refractivity contribution is -0.384. The number of ether oxygens (including phenoxy) is 4. The van der Waals surface area contributed by atoms with Crippen LogP contribution >= 0.6 is 11.6 Å². The van der Waals surface area contributed by atoms with E-state index in [0.717, 1.165) is 91.4 Å². The van der Waals surface area contributed by atoms with Crippen LogP contribution in [-0.4, -0.2) is 123 Å². The van der Waals surface area contributed by atoms with Crippen molar-refractivity contribution in [2.24, 2.45) is 0 Å². The van der Waals surface area contributed by atoms with E-state index in [1.165, 1.54) is 12.1 Å². The molecule has 18 aromatic rings. The van der Waals surface area contributed by atoms with Gasteiger partial charge in [0.05, 0.1) is 107 Å². The van der Waals surface area contributed by atoms with Gasteiger partial charge in [-0.2, -0.15) is 25.5 Å². The average Bonchev–Trinajstić information content (AvgIpc) is 1.67. The Hall–Kier alpha value is -19.4. The number of nitro benzene ring substituents is 2. The number of methoxy groups -OCH3 is 4. The zero-order chi connectivity index (χ0) is 106. The van der Waals surface area contributed by atoms with E-state index in [1.54, 1.807) is 229 Å². The number of halogens is 1. The van der Waals surface area contributed by atoms with Gasteiger partial charge in [-0.05, 0) is 304 Å². The molecule has 35 heteroatoms. The number of anilines is 8. The van der Waals surface area contributed by atoms with Gasteiger partial charge in [-0.15, -0.1) is 0 Å². The lowest BCUT2D eigenvalue weighted by atomic mass is 10.1. The minimum absolute atomic E-state index is 0.130. The maximum Gasteiger partial charge on any atom is 0.296 e. The van der Waals surface area contributed by atoms with E-state index in [1.807, 2.05) is 200 Å². The number of nitrogens with zero attached hydrogens (tertiary/aromatic N) is 12. The smallest absolute Gasteiger partial charge is 0.296 e. The van der Waals surface area contributed by atoms with Gasteiger partial charge < -0.3 is 62.3 Å². The van der Waals surface area contributed by atoms with E-state index >= 15 is 0 Å². The number of aryl methyl sites for hydroxylation is 9. The number of amides is 6. The van der Waals surface area contributed by atoms with Crippen LogP contribution in [0.3, 0.4) is 0 Å². The fraction of sp³-hybridized carbons (Fsp3) is 0.132. The molecule has 0 unspecified atom stereocenters. The summed E-state index contributed by atoms with van der Waals surface area (Å²) in [6.45, 7) is 17.5. The number of nitrogens with two attached hydrogens (primary N) is 2. The summed E-state index contributed by atoms with van der Waals surface area (Å²) in [6.07, 6.45) is 1.43. The van der Waals surface area contributed by atoms with E-state index < -0.39 is 9.85 Å². The number of nitrogen functional groups attached to an aromatic ring is 2. The Morgan fingerprint density at radius 2 is 0.644 bits per heavy atom. The maximum atomic E-state index is 13.0. The summed E-state index contributed by atoms with van der Waals surface area (Å²) < 4.78 is 29.0. The van der Waals surface area contributed by atoms with E-state index in [2.05, 4.69) is 52.3 Å². The van der Waals surface area contributed by atoms with Crippen LogP contribution in [0.2, 0.25) is 5.02 Å². The van der Waals surface area contributed by atoms with Crippen molar-refractivity contribution in [2.75, 3.05) is 71.8 Å². The fourth-order valence-corrected chi connectivity index (χ4v) is 15.8. The second-order valence-electron chi connectivity index (χ2n) is 34.0. The summed E-state index contributed by atoms with van der Waals surface area (Å²) >= 11 is 5.83. The first kappa shape index (κ1) is 105. The highest BCUT2D eigenvalue weighted by Crippen LogP contribution is 2.36. The fourth-order valence-electron chi connectivity index (χ4n) is 15.7. The molecule has 149 heavy (non-hydrogen) atoms. The molecule has 18 rings (SSSR count). The second-order valence-corrected chi connectivity index (χ2v) is 34.5. The summed E-state index contributed by atoms with van der Waals surface area (Å²) in [5.41, 5.74) is 33.8. The minimum Gasteiger partial charge on any atom is -0.497 e. The van der Waals surface area contributed by atoms with Gasteiger partial charge in [-0.25, -0.2) is 23.4 Å². The number of rotatable bonds is 27. The molecule has 0 saturated heterocycles. The maximum absolute atomic E-state index is 13.0. The van der Waals surface area contributed by atoms with Crippen molar-refractivity contribution >= 4 is 104 Å². The molecule has 0 spiro atoms. The molecule has 0 radical (unpaired) electrons. The van der Waals surface area contributed by atoms with Crippen molar-refractivity contribution in [2.45, 2.75) is 75.2 Å². The van der Waals surface area contributed by atoms with Gasteiger partial charge in [-0.1, -0.05) is 104 Å². The Labute approximate surface area is 863 Å². The predicted molar refractivity (Wildman–Crippen MR) is 580 cm³/mol. The molecule has 10 N–H and O–H groups in total. The van der Waals surface area contributed by atoms with E-state index in [9.17, 15) is 49.0 Å². The lowest BCUT2D eigenvalue weighted by Crippen LogP contribution is -2.16. The predicted octanol–water partition coefficient (Wildman–Crippen LogP) is 23.2. The first-order chi connectivity index (χ1) is 71.7. The summed E-state index contributed by atoms with van der Waals surface area (Å²) in [5.74, 6) is 1.01. The zero-order valence-corrected chi connectivity index (χ0v) is 84.5. The third-order valence-electron chi connectivity index (χ3n) is 23.3. The number of benzene rings is 13. The molecular weight excluding hydrogens is 1910 g/mol. The molecule has 0 bridgehead atoms. The number of hydrogen-bond donors (Lipinski definition) is 8. The molecule has 0 aliphatic heterocycles. The van der Waals surface area contributed by atoms with E-state index in [0.29, 0.717) is 130 Å². The molecule has 0 fully saturated rings. The topological polar surface area (TPSA) is 439 Å². The largest absolute Gasteiger partial charge is 0.497 e. The lowest BCUT2D eigenvalue weighted by Gasteiger charge is -2.15. The van der Waals surface area contributed by atoms with Crippen LogP contribution in [0.25, 0.3) is 51.0 Å². The van der Waals surface area contributed by atoms with Crippen LogP contribution in [0.4, 0.5) is 56.9 Å². The summed E-state index contributed by atoms with van der Waals surface area (Å²) in [7, 11) is 6.29. The zero-order valence-electron chi connectivity index (χ0n) is 83.7. The van der Waals surface area contributed by atoms with Crippen LogP contribution in [-0.2, 0) is 12.8 Å². The molecule has 5 heterocycles. The van der Waals surface area contributed by atoms with Crippen molar-refractivity contribution in [1.82, 2.24) is 48.9 Å². The Balaban J connectivity index is 0.000000147. The quantitative estimate of drug-likeness (QED) is 0.0135. The van der Waals surface area contributed by atoms with Gasteiger partial charge in [0.15, 0.2) is 0 Å². The number of carbonyl (C=O) groups excluding carboxylic acids is 6. The Bertz CT molecular complexity index is 7890. The van der Waals surface area contributed by atoms with Crippen LogP contribution in [0.1, 0.15) is 127 Å². The monoisotopic (exact) mass is 2010 g/mol. The first-order valence-corrected chi connectivity index (χ1v) is 47.3. The van der Waals surface area contributed by atoms with E-state index in [4.69, 9.17) is 47.1 Å². The second kappa shape index (κ2) is 48.6. The van der Waals surface area contributed by atoms with Gasteiger partial charge >= 0.3 is 0 Å². The number of nitrogens with one attached hydrogen (secondary N) is 6. The van der Waals surface area contributed by atoms with Gasteiger partial charge in [0, 0.05) is 113 Å². The minimum atomic E-state index is -0.482. The highest BCUT2D eigenvalue weighted by atomic mass is 35.5. The average molecular weight is 2020 g/mol. The molecule has 0 saturated carbocycles. The molecule has 0 aliphatic rings. The number of hydrogen-bond acceptors (Lipinski definition) is 21. The highest BCUT2D eigenvalue weighted by Gasteiger charge is 2.26. The molecule has 5 aromatic heterocycles. The molecular formula is C114H107ClN20O14. The van der Waals surface area contributed by atoms with Crippen molar-refractivity contribution in [3.63, 3.8) is 0 Å². The highest BCUT2D eigenvalue weighted by molar-refractivity contribution is 6.30. The normalized spacial score (nSPS) is 10.6. The Morgan fingerprint density at radius 1 is 0.322 bits per heavy atom. The van der Waals surface area contributed by atoms with Crippen molar-refractivity contribution in [3.05, 3.63) is 437 Å². The summed E-state index contributed by atoms with van der Waals surface area (Å²) in [6, 6.07) is 95.6. The molecule has 0 aliphatic carbocycles. The van der Waals surface area contributed by atoms with E-state index in [-0.39, 0.29) is 46.8 Å². The SMILES string of the molecule is CCc1cc(CC)n(-c2ccc(NC(=O)c3ccc(Cl)cc3)cc2[N+](=O)[O-])n1.COc1ccc(C(=O)Nc2ccc(-n3nc(-c4ccccc4)cc3C)c(N)c2)cc1.COc1ccc(C(=O)Nc2ccc(-n3nc(C)cc3-c3ccccc3)c([N+](=O)[O-])c2)cc1.COc1ccc(C(=O)Nc2ccc(-n3nc(C)cc3C)c(N)c2)cc1.COc1ccc(C(=O)Nc2ccc(-n3nc(C)cc3C)c(NC(=O)c3ccc(C)cc3)c2)cc1. The Morgan fingerprint density at radius 3 is 1.01 bits per heavy atom. The van der Waals surface area contributed by atoms with Crippen molar-refractivity contribution in [1.29, 1.82) is 0 Å². The third-order valence-corrected chi connectivity index (χ3v) is 23.6. The van der Waals surface area contributed by atoms with Gasteiger partial charge in [0.25, 0.3) is 46.8 Å². The first-order valence-electron chi connectivity index (χ1n) is 46.9. The third kappa shape index (κ3) is 26.8. The standard InChI is InChI=1S/C27H26N4O3.C24H20N4O4.C24H22N4O2.C20H19ClN4O3.C19H20N4O2/c1-17-5-7-20(8-6-17)27(33)29-24-16-22(11-14-25(24)31-19(3)15-18(2)30-31)28-26(32)21-9-12-23(34-4)13-10-21;1-16-14-22(17-6-4-3-5-7-17)27(26-16)21-13-10-19(15-23(21)28(30)31)25-24(29)18-8-11-20(32-2)12-9-18;1-16-14-22(17-6-4-3-5-7-17)27-28(16)23-13-10-19(15-21(23)25)26-24(29)18-8-11-20(30-2)12-9-18;1-3-15-11-17(4-2)24(23-15)18-10-9-16(12-19(18)25(27)28)22-20(26)13-5-7-14(21)8-6-13;1-12-10-13(2)23(22-12)18-9-6-15(11-17(18)20)21-19(24)14-4-7-16(25-3)8-5-14/h5-16H,1-4H3,(H,28,32)(H,29,33);3-15H,1-2H3,(H,25,29);3-15H,25H2,1-2H3,(H,26,29);5-12H,3-4H2,1-2H3,(H,22,26);4-11H,20H2,1-3H3,(H,21,24). The number of nitro groups is 2. The van der Waals surface area contributed by atoms with Gasteiger partial charge in [-0.3, -0.25) is 49.0 Å². The van der Waals surface area contributed by atoms with Crippen molar-refractivity contribution < 1.29 is 57.6 Å². The molecule has 6 amide bonds. The number of carbonyl (C=O) groups is 6. The van der Waals surface area contributed by atoms with Crippen molar-refractivity contribution in [3.8, 4) is 73.9 Å². The summed E-state index contributed by atoms with van der Waals surface area (Å²) in [5, 5.41) is 63.7. The molecule has 754 valence electrons. The van der Waals surface area contributed by atoms with Crippen LogP contribution in [0, 0.1) is 68.7 Å². The Kier molecular flexibility index (Phi) is 34.4.